The summed E-state index contributed by atoms with van der Waals surface area (Å²) in [5, 5.41) is 0.716. The molecular weight excluding hydrogens is 294 g/mol. The zero-order chi connectivity index (χ0) is 15.1. The minimum absolute atomic E-state index is 0.0378. The van der Waals surface area contributed by atoms with Crippen LogP contribution in [-0.4, -0.2) is 47.9 Å². The number of nitrogens with two attached hydrogens (primary N) is 1. The van der Waals surface area contributed by atoms with Crippen molar-refractivity contribution < 1.29 is 4.79 Å². The molecule has 1 amide bonds. The maximum absolute atomic E-state index is 12.0. The van der Waals surface area contributed by atoms with Crippen molar-refractivity contribution >= 4 is 34.7 Å². The second-order valence-electron chi connectivity index (χ2n) is 4.80. The summed E-state index contributed by atoms with van der Waals surface area (Å²) in [5.41, 5.74) is 6.44. The Morgan fingerprint density at radius 1 is 1.35 bits per heavy atom. The normalized spacial score (nSPS) is 10.6. The quantitative estimate of drug-likeness (QED) is 0.781. The topological polar surface area (TPSA) is 49.6 Å². The second kappa shape index (κ2) is 8.19. The van der Waals surface area contributed by atoms with Gasteiger partial charge in [0.05, 0.1) is 11.5 Å². The molecule has 0 heterocycles. The first-order valence-corrected chi connectivity index (χ1v) is 7.13. The van der Waals surface area contributed by atoms with Gasteiger partial charge in [0.25, 0.3) is 0 Å². The van der Waals surface area contributed by atoms with Gasteiger partial charge in [-0.25, -0.2) is 0 Å². The summed E-state index contributed by atoms with van der Waals surface area (Å²) in [7, 11) is 3.65. The van der Waals surface area contributed by atoms with Crippen LogP contribution in [0, 0.1) is 0 Å². The van der Waals surface area contributed by atoms with E-state index in [0.29, 0.717) is 36.1 Å². The predicted molar refractivity (Wildman–Crippen MR) is 86.8 cm³/mol. The first-order chi connectivity index (χ1) is 9.40. The molecule has 0 aromatic heterocycles. The monoisotopic (exact) mass is 313 g/mol. The molecule has 0 bridgehead atoms. The summed E-state index contributed by atoms with van der Waals surface area (Å²) < 4.78 is 0. The third-order valence-electron chi connectivity index (χ3n) is 2.92. The molecule has 0 saturated heterocycles. The first-order valence-electron chi connectivity index (χ1n) is 6.34. The average Bonchev–Trinajstić information content (AvgIpc) is 2.38. The van der Waals surface area contributed by atoms with Gasteiger partial charge in [0.2, 0.25) is 5.91 Å². The van der Waals surface area contributed by atoms with E-state index in [-0.39, 0.29) is 5.91 Å². The molecule has 110 valence electrons. The first kappa shape index (κ1) is 16.9. The SMILES string of the molecule is CN(CC(=O)N(C)CCC(N)=S)Cc1ccccc1Cl. The Kier molecular flexibility index (Phi) is 6.91. The lowest BCUT2D eigenvalue weighted by atomic mass is 10.2. The highest BCUT2D eigenvalue weighted by Crippen LogP contribution is 2.16. The highest BCUT2D eigenvalue weighted by molar-refractivity contribution is 7.80. The molecule has 0 fully saturated rings. The minimum Gasteiger partial charge on any atom is -0.393 e. The van der Waals surface area contributed by atoms with E-state index >= 15 is 0 Å². The highest BCUT2D eigenvalue weighted by Gasteiger charge is 2.12. The fourth-order valence-corrected chi connectivity index (χ4v) is 2.01. The number of halogens is 1. The standard InChI is InChI=1S/C14H20ClN3OS/c1-17(9-11-5-3-4-6-12(11)15)10-14(19)18(2)8-7-13(16)20/h3-6H,7-10H2,1-2H3,(H2,16,20). The summed E-state index contributed by atoms with van der Waals surface area (Å²) in [5.74, 6) is 0.0378. The van der Waals surface area contributed by atoms with Gasteiger partial charge in [0.1, 0.15) is 0 Å². The number of hydrogen-bond acceptors (Lipinski definition) is 3. The van der Waals surface area contributed by atoms with Crippen LogP contribution in [0.15, 0.2) is 24.3 Å². The zero-order valence-corrected chi connectivity index (χ0v) is 13.4. The summed E-state index contributed by atoms with van der Waals surface area (Å²) in [6, 6.07) is 7.63. The highest BCUT2D eigenvalue weighted by atomic mass is 35.5. The molecular formula is C14H20ClN3OS. The average molecular weight is 314 g/mol. The number of benzene rings is 1. The number of rotatable bonds is 7. The van der Waals surface area contributed by atoms with E-state index in [0.717, 1.165) is 5.56 Å². The van der Waals surface area contributed by atoms with Gasteiger partial charge in [-0.3, -0.25) is 9.69 Å². The number of likely N-dealkylation sites (N-methyl/N-ethyl adjacent to an activating group) is 2. The van der Waals surface area contributed by atoms with Gasteiger partial charge in [-0.1, -0.05) is 42.0 Å². The van der Waals surface area contributed by atoms with E-state index in [9.17, 15) is 4.79 Å². The van der Waals surface area contributed by atoms with Crippen LogP contribution in [-0.2, 0) is 11.3 Å². The third-order valence-corrected chi connectivity index (χ3v) is 3.50. The minimum atomic E-state index is 0.0378. The summed E-state index contributed by atoms with van der Waals surface area (Å²) in [4.78, 5) is 16.0. The van der Waals surface area contributed by atoms with Gasteiger partial charge >= 0.3 is 0 Å². The fourth-order valence-electron chi connectivity index (χ4n) is 1.73. The Labute approximate surface area is 130 Å². The number of carbonyl (C=O) groups excluding carboxylic acids is 1. The van der Waals surface area contributed by atoms with Crippen molar-refractivity contribution in [2.24, 2.45) is 5.73 Å². The molecule has 0 aliphatic carbocycles. The van der Waals surface area contributed by atoms with E-state index < -0.39 is 0 Å². The van der Waals surface area contributed by atoms with Crippen LogP contribution in [0.4, 0.5) is 0 Å². The molecule has 1 rings (SSSR count). The Bertz CT molecular complexity index is 481. The lowest BCUT2D eigenvalue weighted by Gasteiger charge is -2.22. The lowest BCUT2D eigenvalue weighted by molar-refractivity contribution is -0.130. The van der Waals surface area contributed by atoms with Crippen LogP contribution in [0.2, 0.25) is 5.02 Å². The van der Waals surface area contributed by atoms with Crippen LogP contribution < -0.4 is 5.73 Å². The molecule has 1 aromatic rings. The Morgan fingerprint density at radius 2 is 2.00 bits per heavy atom. The van der Waals surface area contributed by atoms with Crippen molar-refractivity contribution in [2.45, 2.75) is 13.0 Å². The molecule has 6 heteroatoms. The Balaban J connectivity index is 2.45. The smallest absolute Gasteiger partial charge is 0.236 e. The van der Waals surface area contributed by atoms with Crippen molar-refractivity contribution in [3.63, 3.8) is 0 Å². The predicted octanol–water partition coefficient (Wildman–Crippen LogP) is 1.91. The molecule has 0 radical (unpaired) electrons. The van der Waals surface area contributed by atoms with Crippen LogP contribution in [0.3, 0.4) is 0 Å². The van der Waals surface area contributed by atoms with Gasteiger partial charge in [0, 0.05) is 31.6 Å². The van der Waals surface area contributed by atoms with E-state index in [1.54, 1.807) is 11.9 Å². The van der Waals surface area contributed by atoms with Crippen molar-refractivity contribution in [2.75, 3.05) is 27.2 Å². The third kappa shape index (κ3) is 5.86. The van der Waals surface area contributed by atoms with Crippen molar-refractivity contribution in [3.8, 4) is 0 Å². The Hall–Kier alpha value is -1.17. The maximum Gasteiger partial charge on any atom is 0.236 e. The van der Waals surface area contributed by atoms with E-state index in [2.05, 4.69) is 0 Å². The van der Waals surface area contributed by atoms with Gasteiger partial charge in [-0.2, -0.15) is 0 Å². The summed E-state index contributed by atoms with van der Waals surface area (Å²) in [6.45, 7) is 1.52. The van der Waals surface area contributed by atoms with Crippen LogP contribution in [0.5, 0.6) is 0 Å². The van der Waals surface area contributed by atoms with Crippen molar-refractivity contribution in [3.05, 3.63) is 34.9 Å². The number of hydrogen-bond donors (Lipinski definition) is 1. The molecule has 20 heavy (non-hydrogen) atoms. The molecule has 2 N–H and O–H groups in total. The lowest BCUT2D eigenvalue weighted by Crippen LogP contribution is -2.37. The van der Waals surface area contributed by atoms with Gasteiger partial charge in [-0.15, -0.1) is 0 Å². The zero-order valence-electron chi connectivity index (χ0n) is 11.8. The van der Waals surface area contributed by atoms with Gasteiger partial charge in [0.15, 0.2) is 0 Å². The largest absolute Gasteiger partial charge is 0.393 e. The van der Waals surface area contributed by atoms with E-state index in [1.165, 1.54) is 0 Å². The van der Waals surface area contributed by atoms with Gasteiger partial charge in [-0.05, 0) is 18.7 Å². The van der Waals surface area contributed by atoms with Gasteiger partial charge < -0.3 is 10.6 Å². The molecule has 0 aliphatic heterocycles. The van der Waals surface area contributed by atoms with Crippen molar-refractivity contribution in [1.29, 1.82) is 0 Å². The van der Waals surface area contributed by atoms with Crippen LogP contribution in [0.1, 0.15) is 12.0 Å². The number of carbonyl (C=O) groups is 1. The fraction of sp³-hybridized carbons (Fsp3) is 0.429. The second-order valence-corrected chi connectivity index (χ2v) is 5.73. The molecule has 0 atom stereocenters. The maximum atomic E-state index is 12.0. The molecule has 0 spiro atoms. The summed E-state index contributed by atoms with van der Waals surface area (Å²) >= 11 is 10.9. The molecule has 4 nitrogen and oxygen atoms in total. The Morgan fingerprint density at radius 3 is 2.60 bits per heavy atom. The summed E-state index contributed by atoms with van der Waals surface area (Å²) in [6.07, 6.45) is 0.547. The molecule has 0 aliphatic rings. The molecule has 0 unspecified atom stereocenters. The van der Waals surface area contributed by atoms with Crippen molar-refractivity contribution in [1.82, 2.24) is 9.80 Å². The van der Waals surface area contributed by atoms with Crippen LogP contribution in [0.25, 0.3) is 0 Å². The van der Waals surface area contributed by atoms with E-state index in [1.807, 2.05) is 36.2 Å². The molecule has 1 aromatic carbocycles. The number of thiocarbonyl (C=S) groups is 1. The van der Waals surface area contributed by atoms with Crippen LogP contribution >= 0.6 is 23.8 Å². The van der Waals surface area contributed by atoms with E-state index in [4.69, 9.17) is 29.6 Å². The molecule has 0 saturated carbocycles. The number of nitrogens with zero attached hydrogens (tertiary/aromatic N) is 2. The number of amides is 1.